The fourth-order valence-electron chi connectivity index (χ4n) is 8.84. The Morgan fingerprint density at radius 1 is 0.493 bits per heavy atom. The number of nitrogens with one attached hydrogen (secondary N) is 1. The van der Waals surface area contributed by atoms with Gasteiger partial charge in [0.25, 0.3) is 0 Å². The van der Waals surface area contributed by atoms with Crippen molar-refractivity contribution in [2.75, 3.05) is 13.2 Å². The number of ether oxygens (including phenoxy) is 2. The van der Waals surface area contributed by atoms with E-state index in [1.54, 1.807) is 6.08 Å². The lowest BCUT2D eigenvalue weighted by atomic mass is 9.99. The standard InChI is InChI=1S/C58H107NO8/c1-3-5-7-9-11-13-15-16-17-18-19-20-21-22-23-24-25-26-27-28-29-30-31-32-33-34-35-36-38-40-42-44-46-48-54(62)59-51(50-66-58-57(65)56(64)55(63)53(49-60)67-58)52(61)47-45-43-41-39-37-14-12-10-8-6-4-2/h8,10,22-23,37,39,45,47,51-53,55-58,60-61,63-65H,3-7,9,11-21,24-36,38,40-44,46,48-50H2,1-2H3,(H,59,62)/b10-8+,23-22-,39-37+,47-45+. The quantitative estimate of drug-likeness (QED) is 0.0261. The predicted molar refractivity (Wildman–Crippen MR) is 281 cm³/mol. The molecule has 0 radical (unpaired) electrons. The number of carbonyl (C=O) groups excluding carboxylic acids is 1. The second kappa shape index (κ2) is 47.8. The van der Waals surface area contributed by atoms with Gasteiger partial charge in [-0.25, -0.2) is 0 Å². The number of allylic oxidation sites excluding steroid dienone is 7. The van der Waals surface area contributed by atoms with Gasteiger partial charge in [-0.3, -0.25) is 4.79 Å². The molecule has 9 heteroatoms. The molecule has 0 spiro atoms. The molecule has 0 aliphatic carbocycles. The Balaban J connectivity index is 2.09. The summed E-state index contributed by atoms with van der Waals surface area (Å²) in [5.74, 6) is -0.191. The lowest BCUT2D eigenvalue weighted by Gasteiger charge is -2.40. The first-order valence-electron chi connectivity index (χ1n) is 28.4. The molecule has 1 fully saturated rings. The van der Waals surface area contributed by atoms with Crippen LogP contribution in [-0.4, -0.2) is 87.5 Å². The summed E-state index contributed by atoms with van der Waals surface area (Å²) in [4.78, 5) is 13.0. The summed E-state index contributed by atoms with van der Waals surface area (Å²) < 4.78 is 11.2. The van der Waals surface area contributed by atoms with Crippen LogP contribution >= 0.6 is 0 Å². The summed E-state index contributed by atoms with van der Waals surface area (Å²) in [5.41, 5.74) is 0. The summed E-state index contributed by atoms with van der Waals surface area (Å²) >= 11 is 0. The van der Waals surface area contributed by atoms with Crippen LogP contribution in [0, 0.1) is 0 Å². The number of amides is 1. The largest absolute Gasteiger partial charge is 0.394 e. The molecule has 392 valence electrons. The molecule has 67 heavy (non-hydrogen) atoms. The zero-order valence-electron chi connectivity index (χ0n) is 43.4. The van der Waals surface area contributed by atoms with Crippen molar-refractivity contribution in [2.45, 2.75) is 301 Å². The van der Waals surface area contributed by atoms with E-state index < -0.39 is 49.5 Å². The molecule has 0 aromatic carbocycles. The summed E-state index contributed by atoms with van der Waals surface area (Å²) in [5, 5.41) is 54.2. The van der Waals surface area contributed by atoms with Gasteiger partial charge in [-0.15, -0.1) is 0 Å². The van der Waals surface area contributed by atoms with Gasteiger partial charge < -0.3 is 40.3 Å². The molecular weight excluding hydrogens is 839 g/mol. The lowest BCUT2D eigenvalue weighted by molar-refractivity contribution is -0.302. The van der Waals surface area contributed by atoms with Crippen LogP contribution in [0.2, 0.25) is 0 Å². The number of hydrogen-bond acceptors (Lipinski definition) is 8. The maximum Gasteiger partial charge on any atom is 0.220 e. The van der Waals surface area contributed by atoms with E-state index in [9.17, 15) is 30.3 Å². The summed E-state index contributed by atoms with van der Waals surface area (Å²) in [6, 6.07) is -0.826. The van der Waals surface area contributed by atoms with Crippen LogP contribution in [0.5, 0.6) is 0 Å². The molecule has 0 bridgehead atoms. The SMILES string of the molecule is CCC/C=C/CC/C=C/CC/C=C/C(O)C(COC1OC(CO)C(O)C(O)C1O)NC(=O)CCCCCCCCCCCCCCCCCCC/C=C\CCCCCCCCCCCCCC. The molecule has 0 aromatic heterocycles. The molecule has 1 saturated heterocycles. The van der Waals surface area contributed by atoms with Crippen LogP contribution in [-0.2, 0) is 14.3 Å². The first kappa shape index (κ1) is 63.2. The molecule has 6 N–H and O–H groups in total. The van der Waals surface area contributed by atoms with Gasteiger partial charge in [0.2, 0.25) is 5.91 Å². The molecule has 1 heterocycles. The third-order valence-corrected chi connectivity index (χ3v) is 13.3. The minimum absolute atomic E-state index is 0.191. The van der Waals surface area contributed by atoms with E-state index in [2.05, 4.69) is 55.6 Å². The maximum atomic E-state index is 13.0. The van der Waals surface area contributed by atoms with E-state index in [1.165, 1.54) is 180 Å². The van der Waals surface area contributed by atoms with Crippen LogP contribution in [0.1, 0.15) is 258 Å². The fourth-order valence-corrected chi connectivity index (χ4v) is 8.84. The second-order valence-electron chi connectivity index (χ2n) is 19.7. The predicted octanol–water partition coefficient (Wildman–Crippen LogP) is 13.7. The molecule has 7 unspecified atom stereocenters. The first-order chi connectivity index (χ1) is 32.8. The van der Waals surface area contributed by atoms with Crippen molar-refractivity contribution < 1.29 is 39.8 Å². The Labute approximate surface area is 412 Å². The second-order valence-corrected chi connectivity index (χ2v) is 19.7. The number of rotatable bonds is 48. The van der Waals surface area contributed by atoms with Gasteiger partial charge in [0.1, 0.15) is 24.4 Å². The monoisotopic (exact) mass is 946 g/mol. The van der Waals surface area contributed by atoms with E-state index in [4.69, 9.17) is 9.47 Å². The summed E-state index contributed by atoms with van der Waals surface area (Å²) in [6.07, 6.45) is 56.4. The van der Waals surface area contributed by atoms with Crippen LogP contribution in [0.3, 0.4) is 0 Å². The topological polar surface area (TPSA) is 149 Å². The van der Waals surface area contributed by atoms with Crippen molar-refractivity contribution in [1.82, 2.24) is 5.32 Å². The van der Waals surface area contributed by atoms with Gasteiger partial charge in [-0.05, 0) is 64.2 Å². The van der Waals surface area contributed by atoms with Crippen LogP contribution in [0.15, 0.2) is 48.6 Å². The number of hydrogen-bond donors (Lipinski definition) is 6. The Morgan fingerprint density at radius 3 is 1.31 bits per heavy atom. The molecule has 1 rings (SSSR count). The highest BCUT2D eigenvalue weighted by Gasteiger charge is 2.44. The average molecular weight is 946 g/mol. The average Bonchev–Trinajstić information content (AvgIpc) is 3.33. The van der Waals surface area contributed by atoms with E-state index in [0.717, 1.165) is 57.8 Å². The highest BCUT2D eigenvalue weighted by Crippen LogP contribution is 2.23. The van der Waals surface area contributed by atoms with Crippen molar-refractivity contribution in [3.63, 3.8) is 0 Å². The molecule has 7 atom stereocenters. The van der Waals surface area contributed by atoms with Crippen LogP contribution in [0.4, 0.5) is 0 Å². The van der Waals surface area contributed by atoms with Gasteiger partial charge in [0.15, 0.2) is 6.29 Å². The molecule has 0 aromatic rings. The molecular formula is C58H107NO8. The third kappa shape index (κ3) is 37.6. The van der Waals surface area contributed by atoms with Crippen molar-refractivity contribution >= 4 is 5.91 Å². The van der Waals surface area contributed by atoms with Crippen LogP contribution < -0.4 is 5.32 Å². The van der Waals surface area contributed by atoms with Crippen molar-refractivity contribution in [1.29, 1.82) is 0 Å². The Morgan fingerprint density at radius 2 is 0.881 bits per heavy atom. The molecule has 9 nitrogen and oxygen atoms in total. The first-order valence-corrected chi connectivity index (χ1v) is 28.4. The number of aliphatic hydroxyl groups is 5. The molecule has 1 aliphatic heterocycles. The van der Waals surface area contributed by atoms with Gasteiger partial charge in [0.05, 0.1) is 25.4 Å². The van der Waals surface area contributed by atoms with Gasteiger partial charge >= 0.3 is 0 Å². The van der Waals surface area contributed by atoms with Crippen LogP contribution in [0.25, 0.3) is 0 Å². The highest BCUT2D eigenvalue weighted by atomic mass is 16.7. The van der Waals surface area contributed by atoms with Crippen molar-refractivity contribution in [3.05, 3.63) is 48.6 Å². The third-order valence-electron chi connectivity index (χ3n) is 13.3. The lowest BCUT2D eigenvalue weighted by Crippen LogP contribution is -2.60. The molecule has 1 amide bonds. The number of carbonyl (C=O) groups is 1. The highest BCUT2D eigenvalue weighted by molar-refractivity contribution is 5.76. The van der Waals surface area contributed by atoms with Gasteiger partial charge in [-0.2, -0.15) is 0 Å². The zero-order valence-corrected chi connectivity index (χ0v) is 43.4. The van der Waals surface area contributed by atoms with Crippen molar-refractivity contribution in [3.8, 4) is 0 Å². The normalized spacial score (nSPS) is 20.0. The maximum absolute atomic E-state index is 13.0. The summed E-state index contributed by atoms with van der Waals surface area (Å²) in [7, 11) is 0. The van der Waals surface area contributed by atoms with Crippen molar-refractivity contribution in [2.24, 2.45) is 0 Å². The molecule has 0 saturated carbocycles. The fraction of sp³-hybridized carbons (Fsp3) is 0.845. The Kier molecular flexibility index (Phi) is 45.1. The number of unbranched alkanes of at least 4 members (excludes halogenated alkanes) is 32. The van der Waals surface area contributed by atoms with Gasteiger partial charge in [-0.1, -0.05) is 236 Å². The van der Waals surface area contributed by atoms with Gasteiger partial charge in [0, 0.05) is 6.42 Å². The molecule has 1 aliphatic rings. The van der Waals surface area contributed by atoms with E-state index >= 15 is 0 Å². The van der Waals surface area contributed by atoms with E-state index in [1.807, 2.05) is 6.08 Å². The zero-order chi connectivity index (χ0) is 48.7. The van der Waals surface area contributed by atoms with E-state index in [0.29, 0.717) is 6.42 Å². The Hall–Kier alpha value is -1.85. The minimum atomic E-state index is -1.57. The smallest absolute Gasteiger partial charge is 0.220 e. The summed E-state index contributed by atoms with van der Waals surface area (Å²) in [6.45, 7) is 3.69. The van der Waals surface area contributed by atoms with E-state index in [-0.39, 0.29) is 12.5 Å². The Bertz CT molecular complexity index is 1190. The number of aliphatic hydroxyl groups excluding tert-OH is 5. The minimum Gasteiger partial charge on any atom is -0.394 e.